The van der Waals surface area contributed by atoms with Gasteiger partial charge >= 0.3 is 6.09 Å². The summed E-state index contributed by atoms with van der Waals surface area (Å²) in [6.45, 7) is 2.31. The van der Waals surface area contributed by atoms with Crippen molar-refractivity contribution in [2.45, 2.75) is 19.4 Å². The molecule has 2 N–H and O–H groups in total. The lowest BCUT2D eigenvalue weighted by Crippen LogP contribution is -2.45. The van der Waals surface area contributed by atoms with Gasteiger partial charge in [-0.3, -0.25) is 9.69 Å². The summed E-state index contributed by atoms with van der Waals surface area (Å²) in [5.74, 6) is 0.696. The molecule has 1 aliphatic carbocycles. The minimum Gasteiger partial charge on any atom is -0.465 e. The molecule has 20 heavy (non-hydrogen) atoms. The Morgan fingerprint density at radius 1 is 1.50 bits per heavy atom. The maximum absolute atomic E-state index is 12.4. The van der Waals surface area contributed by atoms with E-state index in [1.807, 2.05) is 13.0 Å². The van der Waals surface area contributed by atoms with Gasteiger partial charge in [0.2, 0.25) is 5.91 Å². The molecule has 6 nitrogen and oxygen atoms in total. The van der Waals surface area contributed by atoms with Crippen LogP contribution in [-0.2, 0) is 4.79 Å². The summed E-state index contributed by atoms with van der Waals surface area (Å²) >= 11 is 3.26. The fourth-order valence-electron chi connectivity index (χ4n) is 2.82. The second-order valence-electron chi connectivity index (χ2n) is 5.33. The molecule has 106 valence electrons. The number of carbonyl (C=O) groups is 2. The van der Waals surface area contributed by atoms with E-state index >= 15 is 0 Å². The van der Waals surface area contributed by atoms with E-state index in [1.54, 1.807) is 6.07 Å². The Balaban J connectivity index is 1.79. The molecule has 2 heterocycles. The number of nitrogens with zero attached hydrogens (tertiary/aromatic N) is 2. The van der Waals surface area contributed by atoms with Crippen LogP contribution in [0.4, 0.5) is 10.6 Å². The zero-order valence-corrected chi connectivity index (χ0v) is 12.4. The molecule has 0 radical (unpaired) electrons. The molecule has 1 saturated carbocycles. The van der Waals surface area contributed by atoms with Gasteiger partial charge in [-0.25, -0.2) is 9.78 Å². The molecular formula is C13H14BrN3O3. The molecule has 0 spiro atoms. The topological polar surface area (TPSA) is 82.5 Å². The second kappa shape index (κ2) is 4.73. The highest BCUT2D eigenvalue weighted by Gasteiger charge is 2.57. The van der Waals surface area contributed by atoms with Crippen LogP contribution in [0.2, 0.25) is 0 Å². The van der Waals surface area contributed by atoms with Crippen LogP contribution in [0.1, 0.15) is 12.0 Å². The van der Waals surface area contributed by atoms with E-state index in [2.05, 4.69) is 26.2 Å². The molecule has 1 saturated heterocycles. The summed E-state index contributed by atoms with van der Waals surface area (Å²) in [5, 5.41) is 11.9. The van der Waals surface area contributed by atoms with Crippen LogP contribution in [0, 0.1) is 18.8 Å². The molecule has 7 heteroatoms. The fraction of sp³-hybridized carbons (Fsp3) is 0.462. The maximum atomic E-state index is 12.4. The van der Waals surface area contributed by atoms with Gasteiger partial charge in [0.1, 0.15) is 16.5 Å². The number of aromatic nitrogens is 1. The van der Waals surface area contributed by atoms with E-state index in [-0.39, 0.29) is 11.8 Å². The van der Waals surface area contributed by atoms with Crippen molar-refractivity contribution >= 4 is 33.7 Å². The number of carboxylic acid groups (broad SMARTS) is 1. The number of hydrogen-bond donors (Lipinski definition) is 2. The van der Waals surface area contributed by atoms with E-state index in [0.29, 0.717) is 22.9 Å². The molecule has 3 atom stereocenters. The second-order valence-corrected chi connectivity index (χ2v) is 6.14. The number of amides is 2. The van der Waals surface area contributed by atoms with Crippen LogP contribution in [0.3, 0.4) is 0 Å². The van der Waals surface area contributed by atoms with Gasteiger partial charge in [-0.1, -0.05) is 6.07 Å². The largest absolute Gasteiger partial charge is 0.465 e. The lowest BCUT2D eigenvalue weighted by molar-refractivity contribution is -0.120. The van der Waals surface area contributed by atoms with Gasteiger partial charge in [0.15, 0.2) is 0 Å². The van der Waals surface area contributed by atoms with Gasteiger partial charge in [0.25, 0.3) is 0 Å². The number of anilines is 1. The van der Waals surface area contributed by atoms with E-state index < -0.39 is 12.1 Å². The zero-order chi connectivity index (χ0) is 14.4. The van der Waals surface area contributed by atoms with Gasteiger partial charge in [-0.15, -0.1) is 0 Å². The lowest BCUT2D eigenvalue weighted by atomic mass is 10.1. The minimum absolute atomic E-state index is 0.165. The predicted octanol–water partition coefficient (Wildman–Crippen LogP) is 2.09. The summed E-state index contributed by atoms with van der Waals surface area (Å²) < 4.78 is 0.629. The standard InChI is InChI=1S/C13H14BrN3O3/c1-6-2-3-9(14)15-11(6)16-12(18)10-8-4-7(8)5-17(10)13(19)20/h2-3,7-8,10H,4-5H2,1H3,(H,19,20)(H,15,16,18)/t7-,8-,10+/m1/s1. The van der Waals surface area contributed by atoms with Crippen molar-refractivity contribution in [2.24, 2.45) is 11.8 Å². The number of piperidine rings is 1. The van der Waals surface area contributed by atoms with Crippen LogP contribution < -0.4 is 5.32 Å². The lowest BCUT2D eigenvalue weighted by Gasteiger charge is -2.23. The van der Waals surface area contributed by atoms with Crippen LogP contribution >= 0.6 is 15.9 Å². The van der Waals surface area contributed by atoms with Gasteiger partial charge < -0.3 is 10.4 Å². The Kier molecular flexibility index (Phi) is 3.16. The first-order valence-electron chi connectivity index (χ1n) is 6.41. The quantitative estimate of drug-likeness (QED) is 0.808. The molecule has 1 aromatic heterocycles. The molecule has 0 bridgehead atoms. The third kappa shape index (κ3) is 2.26. The van der Waals surface area contributed by atoms with E-state index in [9.17, 15) is 9.59 Å². The van der Waals surface area contributed by atoms with E-state index in [4.69, 9.17) is 5.11 Å². The smallest absolute Gasteiger partial charge is 0.407 e. The van der Waals surface area contributed by atoms with Crippen LogP contribution in [0.15, 0.2) is 16.7 Å². The Morgan fingerprint density at radius 2 is 2.25 bits per heavy atom. The number of halogens is 1. The first-order valence-corrected chi connectivity index (χ1v) is 7.20. The third-order valence-electron chi connectivity index (χ3n) is 3.97. The maximum Gasteiger partial charge on any atom is 0.407 e. The number of fused-ring (bicyclic) bond motifs is 1. The number of pyridine rings is 1. The highest BCUT2D eigenvalue weighted by atomic mass is 79.9. The Labute approximate surface area is 124 Å². The number of aryl methyl sites for hydroxylation is 1. The van der Waals surface area contributed by atoms with Crippen molar-refractivity contribution in [2.75, 3.05) is 11.9 Å². The molecular weight excluding hydrogens is 326 g/mol. The SMILES string of the molecule is Cc1ccc(Br)nc1NC(=O)[C@@H]1[C@@H]2C[C@@H]2CN1C(=O)O. The molecule has 2 fully saturated rings. The molecule has 2 amide bonds. The van der Waals surface area contributed by atoms with Crippen LogP contribution in [-0.4, -0.2) is 39.6 Å². The first kappa shape index (κ1) is 13.4. The molecule has 2 aliphatic rings. The normalized spacial score (nSPS) is 27.1. The molecule has 1 aliphatic heterocycles. The van der Waals surface area contributed by atoms with E-state index in [0.717, 1.165) is 12.0 Å². The van der Waals surface area contributed by atoms with Crippen molar-refractivity contribution in [1.82, 2.24) is 9.88 Å². The number of nitrogens with one attached hydrogen (secondary N) is 1. The van der Waals surface area contributed by atoms with Crippen molar-refractivity contribution in [3.63, 3.8) is 0 Å². The van der Waals surface area contributed by atoms with Crippen molar-refractivity contribution < 1.29 is 14.7 Å². The van der Waals surface area contributed by atoms with Gasteiger partial charge in [-0.2, -0.15) is 0 Å². The average Bonchev–Trinajstić information content (AvgIpc) is 3.04. The van der Waals surface area contributed by atoms with Crippen molar-refractivity contribution in [1.29, 1.82) is 0 Å². The zero-order valence-electron chi connectivity index (χ0n) is 10.8. The fourth-order valence-corrected chi connectivity index (χ4v) is 3.13. The molecule has 0 unspecified atom stereocenters. The minimum atomic E-state index is -1.03. The Bertz CT molecular complexity index is 592. The third-order valence-corrected chi connectivity index (χ3v) is 4.41. The molecule has 0 aromatic carbocycles. The van der Waals surface area contributed by atoms with Crippen molar-refractivity contribution in [3.05, 3.63) is 22.3 Å². The first-order chi connectivity index (χ1) is 9.47. The van der Waals surface area contributed by atoms with Gasteiger partial charge in [0, 0.05) is 6.54 Å². The average molecular weight is 340 g/mol. The van der Waals surface area contributed by atoms with Crippen molar-refractivity contribution in [3.8, 4) is 0 Å². The highest BCUT2D eigenvalue weighted by molar-refractivity contribution is 9.10. The highest BCUT2D eigenvalue weighted by Crippen LogP contribution is 2.49. The Hall–Kier alpha value is -1.63. The summed E-state index contributed by atoms with van der Waals surface area (Å²) in [5.41, 5.74) is 0.841. The number of rotatable bonds is 2. The van der Waals surface area contributed by atoms with Crippen LogP contribution in [0.5, 0.6) is 0 Å². The number of carbonyl (C=O) groups excluding carboxylic acids is 1. The predicted molar refractivity (Wildman–Crippen MR) is 75.4 cm³/mol. The Morgan fingerprint density at radius 3 is 2.95 bits per heavy atom. The van der Waals surface area contributed by atoms with E-state index in [1.165, 1.54) is 4.90 Å². The summed E-state index contributed by atoms with van der Waals surface area (Å²) in [6, 6.07) is 3.05. The summed E-state index contributed by atoms with van der Waals surface area (Å²) in [6.07, 6.45) is -0.0940. The number of likely N-dealkylation sites (tertiary alicyclic amines) is 1. The van der Waals surface area contributed by atoms with Gasteiger partial charge in [-0.05, 0) is 52.7 Å². The van der Waals surface area contributed by atoms with Gasteiger partial charge in [0.05, 0.1) is 0 Å². The monoisotopic (exact) mass is 339 g/mol. The summed E-state index contributed by atoms with van der Waals surface area (Å²) in [7, 11) is 0. The summed E-state index contributed by atoms with van der Waals surface area (Å²) in [4.78, 5) is 29.0. The molecule has 3 rings (SSSR count). The molecule has 1 aromatic rings. The number of hydrogen-bond acceptors (Lipinski definition) is 3. The van der Waals surface area contributed by atoms with Crippen LogP contribution in [0.25, 0.3) is 0 Å².